The number of anilines is 1. The summed E-state index contributed by atoms with van der Waals surface area (Å²) in [6.45, 7) is 2.91. The quantitative estimate of drug-likeness (QED) is 0.853. The van der Waals surface area contributed by atoms with Gasteiger partial charge in [-0.15, -0.1) is 0 Å². The zero-order valence-corrected chi connectivity index (χ0v) is 12.5. The zero-order valence-electron chi connectivity index (χ0n) is 12.5. The zero-order chi connectivity index (χ0) is 14.5. The molecule has 5 nitrogen and oxygen atoms in total. The highest BCUT2D eigenvalue weighted by atomic mass is 16.5. The monoisotopic (exact) mass is 289 g/mol. The molecule has 5 heteroatoms. The van der Waals surface area contributed by atoms with Crippen molar-refractivity contribution in [3.05, 3.63) is 11.6 Å². The number of nitriles is 1. The van der Waals surface area contributed by atoms with E-state index < -0.39 is 0 Å². The van der Waals surface area contributed by atoms with Gasteiger partial charge in [0, 0.05) is 19.5 Å². The number of morpholine rings is 1. The number of oxazole rings is 1. The molecule has 1 aromatic heterocycles. The average Bonchev–Trinajstić information content (AvgIpc) is 2.98. The SMILES string of the molecule is N#Cc1nc(CCC2CCCCC2)oc1N1CCOCC1. The highest BCUT2D eigenvalue weighted by Gasteiger charge is 2.22. The maximum Gasteiger partial charge on any atom is 0.234 e. The second-order valence-corrected chi connectivity index (χ2v) is 6.02. The minimum Gasteiger partial charge on any atom is -0.424 e. The highest BCUT2D eigenvalue weighted by Crippen LogP contribution is 2.29. The summed E-state index contributed by atoms with van der Waals surface area (Å²) in [6.07, 6.45) is 8.76. The van der Waals surface area contributed by atoms with E-state index in [-0.39, 0.29) is 0 Å². The van der Waals surface area contributed by atoms with Crippen molar-refractivity contribution in [1.82, 2.24) is 4.98 Å². The summed E-state index contributed by atoms with van der Waals surface area (Å²) in [4.78, 5) is 6.45. The van der Waals surface area contributed by atoms with Crippen molar-refractivity contribution < 1.29 is 9.15 Å². The van der Waals surface area contributed by atoms with Gasteiger partial charge >= 0.3 is 0 Å². The fraction of sp³-hybridized carbons (Fsp3) is 0.750. The number of aromatic nitrogens is 1. The third-order valence-corrected chi connectivity index (χ3v) is 4.55. The molecular formula is C16H23N3O2. The lowest BCUT2D eigenvalue weighted by atomic mass is 9.86. The van der Waals surface area contributed by atoms with Gasteiger partial charge in [-0.1, -0.05) is 32.1 Å². The Bertz CT molecular complexity index is 494. The Hall–Kier alpha value is -1.54. The van der Waals surface area contributed by atoms with Gasteiger partial charge < -0.3 is 14.1 Å². The number of hydrogen-bond acceptors (Lipinski definition) is 5. The number of hydrogen-bond donors (Lipinski definition) is 0. The Labute approximate surface area is 125 Å². The molecule has 0 amide bonds. The van der Waals surface area contributed by atoms with Gasteiger partial charge in [-0.25, -0.2) is 4.98 Å². The van der Waals surface area contributed by atoms with Gasteiger partial charge in [-0.05, 0) is 12.3 Å². The summed E-state index contributed by atoms with van der Waals surface area (Å²) in [6, 6.07) is 2.16. The lowest BCUT2D eigenvalue weighted by molar-refractivity contribution is 0.120. The summed E-state index contributed by atoms with van der Waals surface area (Å²) in [5.41, 5.74) is 0.426. The van der Waals surface area contributed by atoms with Gasteiger partial charge in [0.15, 0.2) is 5.89 Å². The van der Waals surface area contributed by atoms with Crippen molar-refractivity contribution in [3.63, 3.8) is 0 Å². The van der Waals surface area contributed by atoms with Crippen LogP contribution < -0.4 is 4.90 Å². The summed E-state index contributed by atoms with van der Waals surface area (Å²) in [5, 5.41) is 9.25. The predicted molar refractivity (Wildman–Crippen MR) is 79.1 cm³/mol. The smallest absolute Gasteiger partial charge is 0.234 e. The van der Waals surface area contributed by atoms with Gasteiger partial charge in [0.05, 0.1) is 13.2 Å². The minimum atomic E-state index is 0.426. The number of aryl methyl sites for hydroxylation is 1. The molecular weight excluding hydrogens is 266 g/mol. The molecule has 2 heterocycles. The van der Waals surface area contributed by atoms with Crippen LogP contribution in [-0.4, -0.2) is 31.3 Å². The second-order valence-electron chi connectivity index (χ2n) is 6.02. The highest BCUT2D eigenvalue weighted by molar-refractivity contribution is 5.48. The predicted octanol–water partition coefficient (Wildman–Crippen LogP) is 2.90. The van der Waals surface area contributed by atoms with E-state index in [0.717, 1.165) is 37.7 Å². The topological polar surface area (TPSA) is 62.3 Å². The molecule has 1 aliphatic heterocycles. The fourth-order valence-electron chi connectivity index (χ4n) is 3.32. The third-order valence-electron chi connectivity index (χ3n) is 4.55. The molecule has 1 aliphatic carbocycles. The first kappa shape index (κ1) is 14.4. The molecule has 3 rings (SSSR count). The molecule has 0 unspecified atom stereocenters. The Morgan fingerprint density at radius 2 is 1.95 bits per heavy atom. The van der Waals surface area contributed by atoms with Gasteiger partial charge in [0.1, 0.15) is 6.07 Å². The van der Waals surface area contributed by atoms with E-state index in [4.69, 9.17) is 9.15 Å². The van der Waals surface area contributed by atoms with E-state index in [1.807, 2.05) is 0 Å². The normalized spacial score (nSPS) is 20.4. The number of rotatable bonds is 4. The van der Waals surface area contributed by atoms with Crippen LogP contribution in [0, 0.1) is 17.2 Å². The van der Waals surface area contributed by atoms with Crippen LogP contribution in [0.15, 0.2) is 4.42 Å². The van der Waals surface area contributed by atoms with Crippen molar-refractivity contribution in [3.8, 4) is 6.07 Å². The molecule has 21 heavy (non-hydrogen) atoms. The summed E-state index contributed by atoms with van der Waals surface area (Å²) in [7, 11) is 0. The molecule has 1 saturated carbocycles. The molecule has 0 bridgehead atoms. The minimum absolute atomic E-state index is 0.426. The summed E-state index contributed by atoms with van der Waals surface area (Å²) < 4.78 is 11.2. The summed E-state index contributed by atoms with van der Waals surface area (Å²) in [5.74, 6) is 2.17. The van der Waals surface area contributed by atoms with Crippen LogP contribution >= 0.6 is 0 Å². The maximum absolute atomic E-state index is 9.25. The van der Waals surface area contributed by atoms with E-state index in [1.165, 1.54) is 32.1 Å². The first-order chi connectivity index (χ1) is 10.4. The molecule has 114 valence electrons. The Morgan fingerprint density at radius 1 is 1.19 bits per heavy atom. The summed E-state index contributed by atoms with van der Waals surface area (Å²) >= 11 is 0. The van der Waals surface area contributed by atoms with Crippen LogP contribution in [-0.2, 0) is 11.2 Å². The number of ether oxygens (including phenoxy) is 1. The Balaban J connectivity index is 1.63. The lowest BCUT2D eigenvalue weighted by Gasteiger charge is -2.26. The van der Waals surface area contributed by atoms with Gasteiger partial charge in [0.25, 0.3) is 0 Å². The average molecular weight is 289 g/mol. The van der Waals surface area contributed by atoms with Crippen molar-refractivity contribution in [2.45, 2.75) is 44.9 Å². The fourth-order valence-corrected chi connectivity index (χ4v) is 3.32. The first-order valence-electron chi connectivity index (χ1n) is 8.09. The van der Waals surface area contributed by atoms with Gasteiger partial charge in [-0.2, -0.15) is 5.26 Å². The third kappa shape index (κ3) is 3.56. The van der Waals surface area contributed by atoms with Crippen LogP contribution in [0.2, 0.25) is 0 Å². The Morgan fingerprint density at radius 3 is 2.67 bits per heavy atom. The molecule has 1 saturated heterocycles. The standard InChI is InChI=1S/C16H23N3O2/c17-12-14-16(19-8-10-20-11-9-19)21-15(18-14)7-6-13-4-2-1-3-5-13/h13H,1-11H2. The van der Waals surface area contributed by atoms with Crippen molar-refractivity contribution in [2.75, 3.05) is 31.2 Å². The van der Waals surface area contributed by atoms with Crippen molar-refractivity contribution in [2.24, 2.45) is 5.92 Å². The molecule has 0 radical (unpaired) electrons. The van der Waals surface area contributed by atoms with E-state index >= 15 is 0 Å². The van der Waals surface area contributed by atoms with E-state index in [9.17, 15) is 5.26 Å². The lowest BCUT2D eigenvalue weighted by Crippen LogP contribution is -2.36. The molecule has 0 atom stereocenters. The van der Waals surface area contributed by atoms with E-state index in [1.54, 1.807) is 0 Å². The largest absolute Gasteiger partial charge is 0.424 e. The molecule has 1 aromatic rings. The van der Waals surface area contributed by atoms with Crippen LogP contribution in [0.4, 0.5) is 5.88 Å². The molecule has 0 spiro atoms. The van der Waals surface area contributed by atoms with Crippen LogP contribution in [0.3, 0.4) is 0 Å². The van der Waals surface area contributed by atoms with Crippen molar-refractivity contribution in [1.29, 1.82) is 5.26 Å². The van der Waals surface area contributed by atoms with Gasteiger partial charge in [-0.3, -0.25) is 0 Å². The van der Waals surface area contributed by atoms with E-state index in [2.05, 4.69) is 16.0 Å². The molecule has 0 N–H and O–H groups in total. The first-order valence-corrected chi connectivity index (χ1v) is 8.09. The molecule has 2 aliphatic rings. The van der Waals surface area contributed by atoms with Crippen LogP contribution in [0.25, 0.3) is 0 Å². The van der Waals surface area contributed by atoms with Crippen LogP contribution in [0.5, 0.6) is 0 Å². The second kappa shape index (κ2) is 6.95. The van der Waals surface area contributed by atoms with Crippen LogP contribution in [0.1, 0.15) is 50.1 Å². The molecule has 2 fully saturated rings. The maximum atomic E-state index is 9.25. The molecule has 0 aromatic carbocycles. The van der Waals surface area contributed by atoms with E-state index in [0.29, 0.717) is 24.8 Å². The number of nitrogens with zero attached hydrogens (tertiary/aromatic N) is 3. The van der Waals surface area contributed by atoms with Crippen molar-refractivity contribution >= 4 is 5.88 Å². The van der Waals surface area contributed by atoms with Gasteiger partial charge in [0.2, 0.25) is 11.6 Å². The Kier molecular flexibility index (Phi) is 4.76.